The van der Waals surface area contributed by atoms with E-state index in [2.05, 4.69) is 59.5 Å². The van der Waals surface area contributed by atoms with E-state index in [9.17, 15) is 0 Å². The van der Waals surface area contributed by atoms with Crippen LogP contribution in [0.2, 0.25) is 0 Å². The largest absolute Gasteiger partial charge is 0.310 e. The van der Waals surface area contributed by atoms with Crippen LogP contribution in [0.5, 0.6) is 0 Å². The van der Waals surface area contributed by atoms with Crippen molar-refractivity contribution in [1.29, 1.82) is 0 Å². The smallest absolute Gasteiger partial charge is 0.0643 e. The standard InChI is InChI=1S/C18H25N3/c1-2-19-18(15-8-4-3-5-9-15)14-16-12-13-21(20-16)17-10-6-7-11-17/h3-5,8-9,12-13,17-19H,2,6-7,10-11,14H2,1H3. The van der Waals surface area contributed by atoms with Crippen LogP contribution in [0, 0.1) is 0 Å². The highest BCUT2D eigenvalue weighted by Gasteiger charge is 2.18. The predicted molar refractivity (Wildman–Crippen MR) is 86.3 cm³/mol. The first-order valence-corrected chi connectivity index (χ1v) is 8.19. The molecule has 1 unspecified atom stereocenters. The Morgan fingerprint density at radius 1 is 1.19 bits per heavy atom. The number of benzene rings is 1. The lowest BCUT2D eigenvalue weighted by atomic mass is 10.0. The van der Waals surface area contributed by atoms with Crippen molar-refractivity contribution < 1.29 is 0 Å². The maximum absolute atomic E-state index is 4.82. The van der Waals surface area contributed by atoms with E-state index in [1.54, 1.807) is 0 Å². The topological polar surface area (TPSA) is 29.9 Å². The molecule has 1 aromatic heterocycles. The molecular weight excluding hydrogens is 258 g/mol. The van der Waals surface area contributed by atoms with Crippen LogP contribution in [0.25, 0.3) is 0 Å². The Labute approximate surface area is 127 Å². The molecule has 2 aromatic rings. The SMILES string of the molecule is CCNC(Cc1ccn(C2CCCC2)n1)c1ccccc1. The maximum atomic E-state index is 4.82. The van der Waals surface area contributed by atoms with E-state index in [1.165, 1.54) is 36.9 Å². The van der Waals surface area contributed by atoms with Crippen molar-refractivity contribution in [3.63, 3.8) is 0 Å². The van der Waals surface area contributed by atoms with Crippen LogP contribution in [-0.4, -0.2) is 16.3 Å². The number of nitrogens with one attached hydrogen (secondary N) is 1. The van der Waals surface area contributed by atoms with Gasteiger partial charge in [0.15, 0.2) is 0 Å². The minimum atomic E-state index is 0.350. The normalized spacial score (nSPS) is 17.2. The van der Waals surface area contributed by atoms with E-state index in [-0.39, 0.29) is 0 Å². The molecule has 0 amide bonds. The highest BCUT2D eigenvalue weighted by atomic mass is 15.3. The Bertz CT molecular complexity index is 541. The monoisotopic (exact) mass is 283 g/mol. The molecule has 1 heterocycles. The summed E-state index contributed by atoms with van der Waals surface area (Å²) < 4.78 is 2.19. The Morgan fingerprint density at radius 3 is 2.67 bits per heavy atom. The molecule has 112 valence electrons. The van der Waals surface area contributed by atoms with E-state index < -0.39 is 0 Å². The number of hydrogen-bond donors (Lipinski definition) is 1. The molecule has 1 aliphatic rings. The fraction of sp³-hybridized carbons (Fsp3) is 0.500. The molecule has 3 heteroatoms. The lowest BCUT2D eigenvalue weighted by molar-refractivity contribution is 0.457. The quantitative estimate of drug-likeness (QED) is 0.871. The maximum Gasteiger partial charge on any atom is 0.0643 e. The van der Waals surface area contributed by atoms with E-state index in [1.807, 2.05) is 0 Å². The van der Waals surface area contributed by atoms with Gasteiger partial charge in [0.25, 0.3) is 0 Å². The van der Waals surface area contributed by atoms with Crippen LogP contribution in [0.1, 0.15) is 55.9 Å². The van der Waals surface area contributed by atoms with Crippen LogP contribution in [0.4, 0.5) is 0 Å². The number of likely N-dealkylation sites (N-methyl/N-ethyl adjacent to an activating group) is 1. The average Bonchev–Trinajstić information content (AvgIpc) is 3.19. The number of hydrogen-bond acceptors (Lipinski definition) is 2. The van der Waals surface area contributed by atoms with E-state index >= 15 is 0 Å². The van der Waals surface area contributed by atoms with Gasteiger partial charge in [0.05, 0.1) is 11.7 Å². The first kappa shape index (κ1) is 14.3. The number of nitrogens with zero attached hydrogens (tertiary/aromatic N) is 2. The molecule has 0 radical (unpaired) electrons. The molecule has 3 rings (SSSR count). The molecule has 1 saturated carbocycles. The van der Waals surface area contributed by atoms with Crippen LogP contribution in [0.3, 0.4) is 0 Å². The highest BCUT2D eigenvalue weighted by Crippen LogP contribution is 2.29. The van der Waals surface area contributed by atoms with Gasteiger partial charge in [0.2, 0.25) is 0 Å². The molecule has 21 heavy (non-hydrogen) atoms. The van der Waals surface area contributed by atoms with Gasteiger partial charge in [-0.25, -0.2) is 0 Å². The molecule has 1 fully saturated rings. The second-order valence-corrected chi connectivity index (χ2v) is 5.95. The van der Waals surface area contributed by atoms with Gasteiger partial charge in [0, 0.05) is 18.7 Å². The molecule has 0 aliphatic heterocycles. The Morgan fingerprint density at radius 2 is 1.95 bits per heavy atom. The van der Waals surface area contributed by atoms with Crippen molar-refractivity contribution in [3.05, 3.63) is 53.9 Å². The first-order chi connectivity index (χ1) is 10.4. The average molecular weight is 283 g/mol. The summed E-state index contributed by atoms with van der Waals surface area (Å²) in [6.07, 6.45) is 8.40. The summed E-state index contributed by atoms with van der Waals surface area (Å²) in [6, 6.07) is 13.8. The summed E-state index contributed by atoms with van der Waals surface area (Å²) in [6.45, 7) is 3.13. The van der Waals surface area contributed by atoms with Crippen LogP contribution in [0.15, 0.2) is 42.6 Å². The van der Waals surface area contributed by atoms with Crippen molar-refractivity contribution in [2.24, 2.45) is 0 Å². The Hall–Kier alpha value is -1.61. The lowest BCUT2D eigenvalue weighted by Crippen LogP contribution is -2.23. The second-order valence-electron chi connectivity index (χ2n) is 5.95. The third kappa shape index (κ3) is 3.53. The zero-order valence-electron chi connectivity index (χ0n) is 12.8. The summed E-state index contributed by atoms with van der Waals surface area (Å²) in [5.74, 6) is 0. The fourth-order valence-electron chi connectivity index (χ4n) is 3.31. The predicted octanol–water partition coefficient (Wildman–Crippen LogP) is 3.89. The van der Waals surface area contributed by atoms with Gasteiger partial charge in [-0.15, -0.1) is 0 Å². The summed E-state index contributed by atoms with van der Waals surface area (Å²) in [4.78, 5) is 0. The van der Waals surface area contributed by atoms with Crippen molar-refractivity contribution in [1.82, 2.24) is 15.1 Å². The first-order valence-electron chi connectivity index (χ1n) is 8.19. The van der Waals surface area contributed by atoms with Crippen molar-refractivity contribution >= 4 is 0 Å². The van der Waals surface area contributed by atoms with Crippen molar-refractivity contribution in [3.8, 4) is 0 Å². The van der Waals surface area contributed by atoms with Gasteiger partial charge in [-0.3, -0.25) is 4.68 Å². The molecule has 0 bridgehead atoms. The van der Waals surface area contributed by atoms with Crippen LogP contribution >= 0.6 is 0 Å². The van der Waals surface area contributed by atoms with Gasteiger partial charge in [-0.05, 0) is 31.0 Å². The van der Waals surface area contributed by atoms with Gasteiger partial charge in [0.1, 0.15) is 0 Å². The zero-order chi connectivity index (χ0) is 14.5. The Balaban J connectivity index is 1.71. The molecule has 0 spiro atoms. The second kappa shape index (κ2) is 6.90. The molecule has 1 aliphatic carbocycles. The molecular formula is C18H25N3. The van der Waals surface area contributed by atoms with E-state index in [0.29, 0.717) is 12.1 Å². The number of aromatic nitrogens is 2. The number of rotatable bonds is 6. The third-order valence-corrected chi connectivity index (χ3v) is 4.43. The summed E-state index contributed by atoms with van der Waals surface area (Å²) in [5, 5.41) is 8.39. The molecule has 1 N–H and O–H groups in total. The molecule has 1 aromatic carbocycles. The van der Waals surface area contributed by atoms with Gasteiger partial charge in [-0.2, -0.15) is 5.10 Å². The van der Waals surface area contributed by atoms with Gasteiger partial charge >= 0.3 is 0 Å². The third-order valence-electron chi connectivity index (χ3n) is 4.43. The minimum Gasteiger partial charge on any atom is -0.310 e. The summed E-state index contributed by atoms with van der Waals surface area (Å²) >= 11 is 0. The molecule has 1 atom stereocenters. The van der Waals surface area contributed by atoms with Crippen molar-refractivity contribution in [2.45, 2.75) is 51.1 Å². The van der Waals surface area contributed by atoms with Gasteiger partial charge < -0.3 is 5.32 Å². The molecule has 3 nitrogen and oxygen atoms in total. The van der Waals surface area contributed by atoms with E-state index in [4.69, 9.17) is 5.10 Å². The fourth-order valence-corrected chi connectivity index (χ4v) is 3.31. The summed E-state index contributed by atoms with van der Waals surface area (Å²) in [5.41, 5.74) is 2.53. The van der Waals surface area contributed by atoms with Gasteiger partial charge in [-0.1, -0.05) is 50.1 Å². The molecule has 0 saturated heterocycles. The van der Waals surface area contributed by atoms with Crippen molar-refractivity contribution in [2.75, 3.05) is 6.54 Å². The lowest BCUT2D eigenvalue weighted by Gasteiger charge is -2.17. The minimum absolute atomic E-state index is 0.350. The summed E-state index contributed by atoms with van der Waals surface area (Å²) in [7, 11) is 0. The zero-order valence-corrected chi connectivity index (χ0v) is 12.8. The van der Waals surface area contributed by atoms with Crippen LogP contribution < -0.4 is 5.32 Å². The highest BCUT2D eigenvalue weighted by molar-refractivity contribution is 5.21. The van der Waals surface area contributed by atoms with Crippen LogP contribution in [-0.2, 0) is 6.42 Å². The van der Waals surface area contributed by atoms with E-state index in [0.717, 1.165) is 13.0 Å². The Kier molecular flexibility index (Phi) is 4.71.